The second-order valence-electron chi connectivity index (χ2n) is 4.89. The Labute approximate surface area is 110 Å². The van der Waals surface area contributed by atoms with Gasteiger partial charge in [-0.2, -0.15) is 0 Å². The van der Waals surface area contributed by atoms with E-state index < -0.39 is 5.92 Å². The summed E-state index contributed by atoms with van der Waals surface area (Å²) in [5.74, 6) is -2.83. The van der Waals surface area contributed by atoms with Crippen LogP contribution in [0.1, 0.15) is 42.6 Å². The summed E-state index contributed by atoms with van der Waals surface area (Å²) in [7, 11) is 1.44. The normalized spacial score (nSPS) is 21.9. The molecule has 0 N–H and O–H groups in total. The van der Waals surface area contributed by atoms with Gasteiger partial charge in [-0.05, 0) is 18.8 Å². The van der Waals surface area contributed by atoms with E-state index in [9.17, 15) is 13.6 Å². The van der Waals surface area contributed by atoms with Crippen LogP contribution < -0.4 is 4.74 Å². The molecule has 1 aliphatic carbocycles. The van der Waals surface area contributed by atoms with Crippen LogP contribution in [0.15, 0.2) is 12.4 Å². The molecular formula is C13H16F2N2O2. The highest BCUT2D eigenvalue weighted by atomic mass is 19.3. The fourth-order valence-electron chi connectivity index (χ4n) is 2.42. The van der Waals surface area contributed by atoms with Crippen molar-refractivity contribution in [3.8, 4) is 5.88 Å². The molecule has 0 spiro atoms. The van der Waals surface area contributed by atoms with E-state index in [1.165, 1.54) is 19.5 Å². The summed E-state index contributed by atoms with van der Waals surface area (Å²) < 4.78 is 31.4. The van der Waals surface area contributed by atoms with Crippen molar-refractivity contribution in [1.82, 2.24) is 9.97 Å². The summed E-state index contributed by atoms with van der Waals surface area (Å²) in [5.41, 5.74) is 0.223. The van der Waals surface area contributed by atoms with Crippen LogP contribution in [0.4, 0.5) is 8.78 Å². The molecule has 0 saturated heterocycles. The molecule has 1 heterocycles. The van der Waals surface area contributed by atoms with Gasteiger partial charge in [0.05, 0.1) is 7.11 Å². The first-order valence-electron chi connectivity index (χ1n) is 6.27. The van der Waals surface area contributed by atoms with Crippen molar-refractivity contribution in [3.05, 3.63) is 18.1 Å². The maximum atomic E-state index is 13.3. The molecule has 1 aromatic heterocycles. The van der Waals surface area contributed by atoms with Gasteiger partial charge in [-0.15, -0.1) is 0 Å². The number of nitrogens with zero attached hydrogens (tertiary/aromatic N) is 2. The second-order valence-corrected chi connectivity index (χ2v) is 4.89. The molecule has 1 unspecified atom stereocenters. The molecule has 1 saturated carbocycles. The number of Topliss-reactive ketones (excluding diaryl/α,β-unsaturated/α-hetero) is 1. The molecule has 1 fully saturated rings. The molecule has 1 aliphatic rings. The van der Waals surface area contributed by atoms with E-state index in [1.807, 2.05) is 0 Å². The van der Waals surface area contributed by atoms with Crippen molar-refractivity contribution in [2.75, 3.05) is 7.11 Å². The maximum absolute atomic E-state index is 13.3. The number of carbonyl (C=O) groups is 1. The Bertz CT molecular complexity index is 466. The zero-order chi connectivity index (χ0) is 13.9. The zero-order valence-corrected chi connectivity index (χ0v) is 10.7. The van der Waals surface area contributed by atoms with E-state index in [2.05, 4.69) is 9.97 Å². The smallest absolute Gasteiger partial charge is 0.248 e. The number of hydrogen-bond acceptors (Lipinski definition) is 4. The van der Waals surface area contributed by atoms with Crippen LogP contribution in [-0.2, 0) is 0 Å². The summed E-state index contributed by atoms with van der Waals surface area (Å²) in [6, 6.07) is 1.43. The van der Waals surface area contributed by atoms with Crippen LogP contribution in [0.5, 0.6) is 5.88 Å². The first kappa shape index (κ1) is 13.8. The van der Waals surface area contributed by atoms with Crippen LogP contribution in [0, 0.1) is 5.92 Å². The maximum Gasteiger partial charge on any atom is 0.248 e. The summed E-state index contributed by atoms with van der Waals surface area (Å²) in [6.45, 7) is 0. The Morgan fingerprint density at radius 3 is 3.00 bits per heavy atom. The highest BCUT2D eigenvalue weighted by Crippen LogP contribution is 2.38. The molecule has 104 valence electrons. The van der Waals surface area contributed by atoms with Gasteiger partial charge in [0.25, 0.3) is 0 Å². The Kier molecular flexibility index (Phi) is 4.07. The average Bonchev–Trinajstić information content (AvgIpc) is 2.37. The van der Waals surface area contributed by atoms with Crippen LogP contribution in [-0.4, -0.2) is 28.8 Å². The molecule has 0 radical (unpaired) electrons. The fraction of sp³-hybridized carbons (Fsp3) is 0.615. The van der Waals surface area contributed by atoms with Crippen molar-refractivity contribution in [2.45, 2.75) is 38.0 Å². The van der Waals surface area contributed by atoms with Crippen molar-refractivity contribution in [1.29, 1.82) is 0 Å². The SMILES string of the molecule is COc1cc(C(=O)CC2CCCC(F)(F)C2)ncn1. The van der Waals surface area contributed by atoms with Crippen molar-refractivity contribution < 1.29 is 18.3 Å². The van der Waals surface area contributed by atoms with Crippen LogP contribution in [0.2, 0.25) is 0 Å². The molecule has 4 nitrogen and oxygen atoms in total. The lowest BCUT2D eigenvalue weighted by atomic mass is 9.83. The van der Waals surface area contributed by atoms with Gasteiger partial charge in [0, 0.05) is 25.3 Å². The van der Waals surface area contributed by atoms with E-state index in [0.717, 1.165) is 0 Å². The summed E-state index contributed by atoms with van der Waals surface area (Å²) in [5, 5.41) is 0. The number of methoxy groups -OCH3 is 1. The highest BCUT2D eigenvalue weighted by molar-refractivity contribution is 5.94. The summed E-state index contributed by atoms with van der Waals surface area (Å²) in [6.07, 6.45) is 2.21. The number of aromatic nitrogens is 2. The number of ether oxygens (including phenoxy) is 1. The third-order valence-corrected chi connectivity index (χ3v) is 3.35. The topological polar surface area (TPSA) is 52.1 Å². The Morgan fingerprint density at radius 2 is 2.32 bits per heavy atom. The van der Waals surface area contributed by atoms with Crippen molar-refractivity contribution >= 4 is 5.78 Å². The summed E-state index contributed by atoms with van der Waals surface area (Å²) >= 11 is 0. The number of halogens is 2. The number of hydrogen-bond donors (Lipinski definition) is 0. The van der Waals surface area contributed by atoms with Crippen LogP contribution in [0.3, 0.4) is 0 Å². The zero-order valence-electron chi connectivity index (χ0n) is 10.7. The van der Waals surface area contributed by atoms with Crippen LogP contribution in [0.25, 0.3) is 0 Å². The molecule has 2 rings (SSSR count). The quantitative estimate of drug-likeness (QED) is 0.789. The molecule has 0 aliphatic heterocycles. The molecule has 0 amide bonds. The largest absolute Gasteiger partial charge is 0.481 e. The third-order valence-electron chi connectivity index (χ3n) is 3.35. The van der Waals surface area contributed by atoms with Gasteiger partial charge in [-0.3, -0.25) is 4.79 Å². The minimum atomic E-state index is -2.63. The summed E-state index contributed by atoms with van der Waals surface area (Å²) in [4.78, 5) is 19.7. The second kappa shape index (κ2) is 5.59. The molecule has 1 atom stereocenters. The Hall–Kier alpha value is -1.59. The molecule has 0 aromatic carbocycles. The van der Waals surface area contributed by atoms with E-state index in [-0.39, 0.29) is 36.7 Å². The van der Waals surface area contributed by atoms with E-state index in [4.69, 9.17) is 4.74 Å². The van der Waals surface area contributed by atoms with E-state index >= 15 is 0 Å². The number of alkyl halides is 2. The van der Waals surface area contributed by atoms with Gasteiger partial charge >= 0.3 is 0 Å². The number of ketones is 1. The first-order chi connectivity index (χ1) is 9.00. The van der Waals surface area contributed by atoms with Gasteiger partial charge < -0.3 is 4.74 Å². The van der Waals surface area contributed by atoms with Gasteiger partial charge in [-0.1, -0.05) is 0 Å². The van der Waals surface area contributed by atoms with E-state index in [0.29, 0.717) is 18.7 Å². The predicted molar refractivity (Wildman–Crippen MR) is 64.4 cm³/mol. The predicted octanol–water partition coefficient (Wildman–Crippen LogP) is 2.88. The van der Waals surface area contributed by atoms with Crippen molar-refractivity contribution in [3.63, 3.8) is 0 Å². The van der Waals surface area contributed by atoms with Crippen molar-refractivity contribution in [2.24, 2.45) is 5.92 Å². The van der Waals surface area contributed by atoms with Gasteiger partial charge in [0.1, 0.15) is 12.0 Å². The lowest BCUT2D eigenvalue weighted by molar-refractivity contribution is -0.0521. The lowest BCUT2D eigenvalue weighted by Crippen LogP contribution is -2.27. The van der Waals surface area contributed by atoms with Crippen LogP contribution >= 0.6 is 0 Å². The molecular weight excluding hydrogens is 254 g/mol. The van der Waals surface area contributed by atoms with Gasteiger partial charge in [-0.25, -0.2) is 18.7 Å². The highest BCUT2D eigenvalue weighted by Gasteiger charge is 2.37. The minimum absolute atomic E-state index is 0.0704. The number of carbonyl (C=O) groups excluding carboxylic acids is 1. The van der Waals surface area contributed by atoms with Gasteiger partial charge in [0.15, 0.2) is 5.78 Å². The standard InChI is InChI=1S/C13H16F2N2O2/c1-19-12-6-10(16-8-17-12)11(18)5-9-3-2-4-13(14,15)7-9/h6,8-9H,2-5,7H2,1H3. The van der Waals surface area contributed by atoms with E-state index in [1.54, 1.807) is 0 Å². The number of rotatable bonds is 4. The average molecular weight is 270 g/mol. The lowest BCUT2D eigenvalue weighted by Gasteiger charge is -2.28. The Morgan fingerprint density at radius 1 is 1.53 bits per heavy atom. The monoisotopic (exact) mass is 270 g/mol. The Balaban J connectivity index is 2.00. The third kappa shape index (κ3) is 3.68. The molecule has 1 aromatic rings. The molecule has 0 bridgehead atoms. The first-order valence-corrected chi connectivity index (χ1v) is 6.27. The molecule has 6 heteroatoms. The van der Waals surface area contributed by atoms with Gasteiger partial charge in [0.2, 0.25) is 11.8 Å². The molecule has 19 heavy (non-hydrogen) atoms. The minimum Gasteiger partial charge on any atom is -0.481 e. The fourth-order valence-corrected chi connectivity index (χ4v) is 2.42.